The van der Waals surface area contributed by atoms with Crippen molar-refractivity contribution in [3.05, 3.63) is 0 Å². The Morgan fingerprint density at radius 3 is 1.57 bits per heavy atom. The molecular weight excluding hydrogens is 286 g/mol. The minimum absolute atomic E-state index is 0.547. The summed E-state index contributed by atoms with van der Waals surface area (Å²) in [7, 11) is 1.15. The Morgan fingerprint density at radius 1 is 0.652 bits per heavy atom. The lowest BCUT2D eigenvalue weighted by Gasteiger charge is -2.62. The van der Waals surface area contributed by atoms with Gasteiger partial charge in [0.05, 0.1) is 0 Å². The molecule has 5 aliphatic rings. The van der Waals surface area contributed by atoms with E-state index >= 15 is 0 Å². The van der Waals surface area contributed by atoms with Crippen molar-refractivity contribution < 1.29 is 0 Å². The van der Waals surface area contributed by atoms with Crippen molar-refractivity contribution in [3.8, 4) is 0 Å². The highest BCUT2D eigenvalue weighted by Gasteiger charge is 2.49. The lowest BCUT2D eigenvalue weighted by molar-refractivity contribution is -0.0977. The van der Waals surface area contributed by atoms with Gasteiger partial charge in [-0.05, 0) is 51.9 Å². The summed E-state index contributed by atoms with van der Waals surface area (Å²) in [5, 5.41) is 0. The van der Waals surface area contributed by atoms with E-state index in [2.05, 4.69) is 35.9 Å². The molecule has 5 aliphatic heterocycles. The molecule has 2 atom stereocenters. The van der Waals surface area contributed by atoms with Crippen LogP contribution in [0, 0.1) is 0 Å². The maximum atomic E-state index is 2.80. The van der Waals surface area contributed by atoms with E-state index in [-0.39, 0.29) is 0 Å². The van der Waals surface area contributed by atoms with Gasteiger partial charge in [-0.25, -0.2) is 0 Å². The quantitative estimate of drug-likeness (QED) is 0.551. The third kappa shape index (κ3) is 2.41. The summed E-state index contributed by atoms with van der Waals surface area (Å²) in [6.07, 6.45) is 6.44. The fourth-order valence-electron chi connectivity index (χ4n) is 5.79. The zero-order valence-electron chi connectivity index (χ0n) is 14.6. The second-order valence-electron chi connectivity index (χ2n) is 8.05. The highest BCUT2D eigenvalue weighted by Crippen LogP contribution is 2.31. The van der Waals surface area contributed by atoms with E-state index < -0.39 is 0 Å². The first-order valence-corrected chi connectivity index (χ1v) is 9.81. The molecule has 8 heteroatoms. The van der Waals surface area contributed by atoms with E-state index in [1.165, 1.54) is 78.0 Å². The molecule has 0 aromatic rings. The minimum Gasteiger partial charge on any atom is -0.304 e. The van der Waals surface area contributed by atoms with Crippen molar-refractivity contribution in [1.82, 2.24) is 29.0 Å². The van der Waals surface area contributed by atoms with Crippen LogP contribution in [0.1, 0.15) is 25.7 Å². The van der Waals surface area contributed by atoms with Gasteiger partial charge >= 0.3 is 6.98 Å². The Bertz CT molecular complexity index is 412. The van der Waals surface area contributed by atoms with E-state index in [1.807, 2.05) is 0 Å². The Balaban J connectivity index is 1.51. The lowest BCUT2D eigenvalue weighted by atomic mass is 9.71. The molecule has 5 saturated heterocycles. The average Bonchev–Trinajstić information content (AvgIpc) is 2.60. The largest absolute Gasteiger partial charge is 0.312 e. The van der Waals surface area contributed by atoms with Crippen molar-refractivity contribution in [3.63, 3.8) is 0 Å². The van der Waals surface area contributed by atoms with Crippen LogP contribution in [0.2, 0.25) is 6.82 Å². The van der Waals surface area contributed by atoms with E-state index in [0.717, 1.165) is 7.55 Å². The van der Waals surface area contributed by atoms with Gasteiger partial charge < -0.3 is 19.2 Å². The number of hydrogen-bond acceptors (Lipinski definition) is 6. The smallest absolute Gasteiger partial charge is 0.304 e. The van der Waals surface area contributed by atoms with Gasteiger partial charge in [-0.2, -0.15) is 0 Å². The summed E-state index contributed by atoms with van der Waals surface area (Å²) in [4.78, 5) is 16.6. The van der Waals surface area contributed by atoms with Crippen LogP contribution in [0.15, 0.2) is 0 Å². The molecule has 0 radical (unpaired) electrons. The molecule has 0 spiro atoms. The summed E-state index contributed by atoms with van der Waals surface area (Å²) >= 11 is 0. The summed E-state index contributed by atoms with van der Waals surface area (Å²) in [5.74, 6) is 0. The Kier molecular flexibility index (Phi) is 3.96. The van der Waals surface area contributed by atoms with Gasteiger partial charge in [-0.3, -0.25) is 9.80 Å². The van der Waals surface area contributed by atoms with Gasteiger partial charge in [0, 0.05) is 26.2 Å². The molecule has 5 heterocycles. The maximum absolute atomic E-state index is 2.80. The molecular formula is C15H30B2N6. The molecule has 0 amide bonds. The molecule has 0 N–H and O–H groups in total. The third-order valence-corrected chi connectivity index (χ3v) is 6.73. The number of rotatable bonds is 0. The van der Waals surface area contributed by atoms with Crippen LogP contribution < -0.4 is 0 Å². The topological polar surface area (TPSA) is 19.4 Å². The maximum Gasteiger partial charge on any atom is 0.312 e. The standard InChI is InChI=1S/C15H30B2N6/c1-17-22-12-4-8-18-6-2-10-20(14(18)22)16-21-11-3-7-19-9-5-13-23(17)15(19)21/h14-16H,2-13H2,1H3. The fourth-order valence-corrected chi connectivity index (χ4v) is 5.79. The van der Waals surface area contributed by atoms with E-state index in [0.29, 0.717) is 19.6 Å². The van der Waals surface area contributed by atoms with Crippen LogP contribution in [-0.2, 0) is 0 Å². The number of hydrogen-bond donors (Lipinski definition) is 0. The highest BCUT2D eigenvalue weighted by molar-refractivity contribution is 6.51. The van der Waals surface area contributed by atoms with Crippen molar-refractivity contribution in [1.29, 1.82) is 0 Å². The Hall–Kier alpha value is -0.110. The van der Waals surface area contributed by atoms with Gasteiger partial charge in [0.15, 0.2) is 0 Å². The monoisotopic (exact) mass is 316 g/mol. The second kappa shape index (κ2) is 6.00. The predicted molar refractivity (Wildman–Crippen MR) is 94.8 cm³/mol. The number of nitrogens with zero attached hydrogens (tertiary/aromatic N) is 6. The summed E-state index contributed by atoms with van der Waals surface area (Å²) in [6, 6.07) is 0. The second-order valence-corrected chi connectivity index (χ2v) is 8.05. The zero-order valence-corrected chi connectivity index (χ0v) is 14.6. The lowest BCUT2D eigenvalue weighted by Crippen LogP contribution is -2.79. The van der Waals surface area contributed by atoms with Crippen LogP contribution in [-0.4, -0.2) is 109 Å². The van der Waals surface area contributed by atoms with Crippen molar-refractivity contribution in [2.45, 2.75) is 45.1 Å². The fraction of sp³-hybridized carbons (Fsp3) is 1.00. The molecule has 0 aliphatic carbocycles. The highest BCUT2D eigenvalue weighted by atomic mass is 15.6. The molecule has 2 unspecified atom stereocenters. The van der Waals surface area contributed by atoms with Gasteiger partial charge in [0.2, 0.25) is 0 Å². The van der Waals surface area contributed by atoms with Crippen LogP contribution in [0.4, 0.5) is 0 Å². The SMILES string of the molecule is CB1N2CCCN3CCCN(BN4CCCN5CCCN1C45)C32. The van der Waals surface area contributed by atoms with Gasteiger partial charge in [-0.15, -0.1) is 0 Å². The summed E-state index contributed by atoms with van der Waals surface area (Å²) in [5.41, 5.74) is 0. The first kappa shape index (κ1) is 15.2. The van der Waals surface area contributed by atoms with E-state index in [9.17, 15) is 0 Å². The Morgan fingerprint density at radius 2 is 1.09 bits per heavy atom. The van der Waals surface area contributed by atoms with Gasteiger partial charge in [0.25, 0.3) is 7.55 Å². The molecule has 23 heavy (non-hydrogen) atoms. The Labute approximate surface area is 141 Å². The zero-order chi connectivity index (χ0) is 15.4. The molecule has 6 nitrogen and oxygen atoms in total. The van der Waals surface area contributed by atoms with E-state index in [4.69, 9.17) is 0 Å². The molecule has 5 rings (SSSR count). The van der Waals surface area contributed by atoms with Crippen LogP contribution in [0.25, 0.3) is 0 Å². The van der Waals surface area contributed by atoms with Crippen LogP contribution >= 0.6 is 0 Å². The van der Waals surface area contributed by atoms with Crippen molar-refractivity contribution in [2.75, 3.05) is 52.4 Å². The average molecular weight is 316 g/mol. The summed E-state index contributed by atoms with van der Waals surface area (Å²) in [6.45, 7) is 13.3. The van der Waals surface area contributed by atoms with Crippen LogP contribution in [0.5, 0.6) is 0 Å². The van der Waals surface area contributed by atoms with Gasteiger partial charge in [-0.1, -0.05) is 6.82 Å². The molecule has 0 bridgehead atoms. The minimum atomic E-state index is 0.547. The van der Waals surface area contributed by atoms with Crippen LogP contribution in [0.3, 0.4) is 0 Å². The molecule has 0 saturated carbocycles. The summed E-state index contributed by atoms with van der Waals surface area (Å²) < 4.78 is 0. The first-order valence-electron chi connectivity index (χ1n) is 9.81. The van der Waals surface area contributed by atoms with Gasteiger partial charge in [0.1, 0.15) is 12.6 Å². The normalized spacial score (nSPS) is 38.4. The molecule has 0 aromatic carbocycles. The van der Waals surface area contributed by atoms with Crippen molar-refractivity contribution in [2.24, 2.45) is 0 Å². The first-order chi connectivity index (χ1) is 11.3. The van der Waals surface area contributed by atoms with E-state index in [1.54, 1.807) is 0 Å². The molecule has 5 fully saturated rings. The molecule has 126 valence electrons. The molecule has 0 aromatic heterocycles. The predicted octanol–water partition coefficient (Wildman–Crippen LogP) is -0.621. The van der Waals surface area contributed by atoms with Crippen molar-refractivity contribution >= 4 is 14.5 Å². The third-order valence-electron chi connectivity index (χ3n) is 6.73.